The van der Waals surface area contributed by atoms with Gasteiger partial charge in [-0.05, 0) is 51.4 Å². The number of esters is 2. The van der Waals surface area contributed by atoms with Gasteiger partial charge in [-0.3, -0.25) is 9.59 Å². The molecule has 2 atom stereocenters. The quantitative estimate of drug-likeness (QED) is 0.0195. The van der Waals surface area contributed by atoms with Crippen LogP contribution in [0.4, 0.5) is 0 Å². The Morgan fingerprint density at radius 1 is 0.400 bits per heavy atom. The van der Waals surface area contributed by atoms with Gasteiger partial charge in [0.25, 0.3) is 0 Å². The van der Waals surface area contributed by atoms with Crippen LogP contribution in [-0.4, -0.2) is 82.3 Å². The van der Waals surface area contributed by atoms with E-state index in [2.05, 4.69) is 50.3 Å². The summed E-state index contributed by atoms with van der Waals surface area (Å²) in [4.78, 5) is 37.4. The summed E-state index contributed by atoms with van der Waals surface area (Å²) in [5.41, 5.74) is 0. The number of quaternary nitrogens is 1. The highest BCUT2D eigenvalue weighted by Gasteiger charge is 2.22. The maximum absolute atomic E-state index is 12.9. The van der Waals surface area contributed by atoms with E-state index in [0.717, 1.165) is 51.4 Å². The van der Waals surface area contributed by atoms with E-state index >= 15 is 0 Å². The predicted molar refractivity (Wildman–Crippen MR) is 316 cm³/mol. The number of hydrogen-bond acceptors (Lipinski definition) is 8. The Morgan fingerprint density at radius 2 is 0.720 bits per heavy atom. The highest BCUT2D eigenvalue weighted by atomic mass is 16.7. The third kappa shape index (κ3) is 59.0. The normalized spacial score (nSPS) is 12.9. The van der Waals surface area contributed by atoms with Crippen LogP contribution in [0.15, 0.2) is 36.5 Å². The molecule has 0 aliphatic carbocycles. The van der Waals surface area contributed by atoms with Crippen molar-refractivity contribution in [2.75, 3.05) is 47.5 Å². The van der Waals surface area contributed by atoms with Gasteiger partial charge in [0.05, 0.1) is 40.3 Å². The second-order valence-corrected chi connectivity index (χ2v) is 23.1. The van der Waals surface area contributed by atoms with Crippen LogP contribution in [0.3, 0.4) is 0 Å². The summed E-state index contributed by atoms with van der Waals surface area (Å²) in [6, 6.07) is 0. The van der Waals surface area contributed by atoms with Crippen LogP contribution in [0.1, 0.15) is 309 Å². The van der Waals surface area contributed by atoms with Crippen LogP contribution in [-0.2, 0) is 33.3 Å². The zero-order valence-electron chi connectivity index (χ0n) is 50.2. The summed E-state index contributed by atoms with van der Waals surface area (Å²) >= 11 is 0. The molecule has 0 radical (unpaired) electrons. The van der Waals surface area contributed by atoms with Gasteiger partial charge in [0.15, 0.2) is 12.4 Å². The Hall–Kier alpha value is -2.49. The Kier molecular flexibility index (Phi) is 55.8. The minimum absolute atomic E-state index is 0.149. The van der Waals surface area contributed by atoms with Gasteiger partial charge in [-0.15, -0.1) is 0 Å². The number of allylic oxidation sites excluding steroid dienone is 6. The average Bonchev–Trinajstić information content (AvgIpc) is 3.38. The first-order chi connectivity index (χ1) is 36.6. The summed E-state index contributed by atoms with van der Waals surface area (Å²) in [7, 11) is 5.93. The first-order valence-corrected chi connectivity index (χ1v) is 32.1. The molecule has 9 heteroatoms. The first kappa shape index (κ1) is 72.5. The lowest BCUT2D eigenvalue weighted by Crippen LogP contribution is -2.44. The monoisotopic (exact) mass is 1060 g/mol. The number of carboxylic acid groups (broad SMARTS) is 1. The highest BCUT2D eigenvalue weighted by molar-refractivity contribution is 5.70. The van der Waals surface area contributed by atoms with E-state index in [4.69, 9.17) is 18.9 Å². The van der Waals surface area contributed by atoms with Crippen molar-refractivity contribution >= 4 is 17.9 Å². The number of aliphatic carboxylic acids is 1. The molecule has 440 valence electrons. The van der Waals surface area contributed by atoms with Crippen molar-refractivity contribution in [3.8, 4) is 0 Å². The zero-order valence-corrected chi connectivity index (χ0v) is 50.2. The van der Waals surface area contributed by atoms with Crippen molar-refractivity contribution in [3.05, 3.63) is 36.5 Å². The third-order valence-corrected chi connectivity index (χ3v) is 14.4. The second-order valence-electron chi connectivity index (χ2n) is 23.1. The molecule has 0 aromatic rings. The topological polar surface area (TPSA) is 111 Å². The molecular formula is C66H123NO8. The Balaban J connectivity index is 4.16. The number of hydrogen-bond donors (Lipinski definition) is 0. The Labute approximate surface area is 464 Å². The maximum Gasteiger partial charge on any atom is 0.306 e. The number of carboxylic acids is 1. The van der Waals surface area contributed by atoms with Crippen LogP contribution in [0.25, 0.3) is 0 Å². The number of unbranched alkanes of at least 4 members (excludes halogenated alkanes) is 39. The standard InChI is InChI=1S/C66H123NO8/c1-6-8-10-12-14-16-18-20-22-24-26-28-30-31-32-33-35-37-39-41-43-45-47-49-51-53-55-57-64(69)75-62(61-74-66(65(70)71)72-59-58-67(3,4)5)60-73-63(68)56-54-52-50-48-46-44-42-40-38-36-34-29-27-25-23-21-19-17-15-13-11-9-7-2/h18,20,24,26,30-31,62,66H,6-17,19,21-23,25,27-29,32-61H2,1-5H3/b20-18-,26-24-,31-30-. The van der Waals surface area contributed by atoms with Gasteiger partial charge >= 0.3 is 11.9 Å². The highest BCUT2D eigenvalue weighted by Crippen LogP contribution is 2.18. The van der Waals surface area contributed by atoms with E-state index in [1.54, 1.807) is 0 Å². The molecule has 0 heterocycles. The fourth-order valence-electron chi connectivity index (χ4n) is 9.43. The van der Waals surface area contributed by atoms with Gasteiger partial charge < -0.3 is 33.3 Å². The van der Waals surface area contributed by atoms with Gasteiger partial charge in [0.1, 0.15) is 13.2 Å². The molecule has 0 aliphatic rings. The first-order valence-electron chi connectivity index (χ1n) is 32.1. The van der Waals surface area contributed by atoms with Gasteiger partial charge in [-0.25, -0.2) is 0 Å². The second kappa shape index (κ2) is 57.7. The van der Waals surface area contributed by atoms with Crippen LogP contribution >= 0.6 is 0 Å². The molecule has 0 rings (SSSR count). The average molecular weight is 1060 g/mol. The molecule has 0 saturated carbocycles. The SMILES string of the molecule is CCCCCCC/C=C\C/C=C\C/C=C\CCCCCCCCCCCCCCC(=O)OC(COC(=O)CCCCCCCCCCCCCCCCCCCCCCCCC)COC(OCC[N+](C)(C)C)C(=O)[O-]. The Bertz CT molecular complexity index is 1320. The third-order valence-electron chi connectivity index (χ3n) is 14.4. The van der Waals surface area contributed by atoms with Crippen molar-refractivity contribution in [3.63, 3.8) is 0 Å². The minimum atomic E-state index is -1.62. The van der Waals surface area contributed by atoms with Crippen molar-refractivity contribution < 1.29 is 42.9 Å². The van der Waals surface area contributed by atoms with Gasteiger partial charge in [-0.2, -0.15) is 0 Å². The smallest absolute Gasteiger partial charge is 0.306 e. The van der Waals surface area contributed by atoms with E-state index in [-0.39, 0.29) is 32.2 Å². The van der Waals surface area contributed by atoms with E-state index in [9.17, 15) is 19.5 Å². The summed E-state index contributed by atoms with van der Waals surface area (Å²) in [6.07, 6.45) is 67.7. The lowest BCUT2D eigenvalue weighted by atomic mass is 10.0. The molecule has 0 bridgehead atoms. The molecule has 0 aliphatic heterocycles. The molecule has 0 aromatic heterocycles. The number of carbonyl (C=O) groups excluding carboxylic acids is 3. The molecular weight excluding hydrogens is 935 g/mol. The fraction of sp³-hybridized carbons (Fsp3) is 0.864. The van der Waals surface area contributed by atoms with E-state index in [1.165, 1.54) is 225 Å². The molecule has 0 fully saturated rings. The molecule has 0 spiro atoms. The molecule has 9 nitrogen and oxygen atoms in total. The predicted octanol–water partition coefficient (Wildman–Crippen LogP) is 17.9. The fourth-order valence-corrected chi connectivity index (χ4v) is 9.43. The number of rotatable bonds is 60. The minimum Gasteiger partial charge on any atom is -0.545 e. The Morgan fingerprint density at radius 3 is 1.07 bits per heavy atom. The van der Waals surface area contributed by atoms with E-state index < -0.39 is 24.3 Å². The van der Waals surface area contributed by atoms with Crippen molar-refractivity contribution in [2.45, 2.75) is 322 Å². The molecule has 75 heavy (non-hydrogen) atoms. The van der Waals surface area contributed by atoms with Crippen LogP contribution in [0.2, 0.25) is 0 Å². The number of carbonyl (C=O) groups is 3. The number of likely N-dealkylation sites (N-methyl/N-ethyl adjacent to an activating group) is 1. The van der Waals surface area contributed by atoms with Gasteiger partial charge in [-0.1, -0.05) is 281 Å². The van der Waals surface area contributed by atoms with Crippen molar-refractivity contribution in [2.24, 2.45) is 0 Å². The summed E-state index contributed by atoms with van der Waals surface area (Å²) < 4.78 is 22.8. The molecule has 0 amide bonds. The molecule has 2 unspecified atom stereocenters. The van der Waals surface area contributed by atoms with Gasteiger partial charge in [0.2, 0.25) is 0 Å². The molecule has 0 aromatic carbocycles. The van der Waals surface area contributed by atoms with Crippen LogP contribution in [0, 0.1) is 0 Å². The van der Waals surface area contributed by atoms with E-state index in [1.807, 2.05) is 21.1 Å². The van der Waals surface area contributed by atoms with E-state index in [0.29, 0.717) is 23.9 Å². The van der Waals surface area contributed by atoms with Crippen LogP contribution in [0.5, 0.6) is 0 Å². The lowest BCUT2D eigenvalue weighted by molar-refractivity contribution is -0.870. The van der Waals surface area contributed by atoms with Crippen molar-refractivity contribution in [1.29, 1.82) is 0 Å². The summed E-state index contributed by atoms with van der Waals surface area (Å²) in [5, 5.41) is 11.8. The zero-order chi connectivity index (χ0) is 54.8. The summed E-state index contributed by atoms with van der Waals surface area (Å²) in [5.74, 6) is -2.26. The van der Waals surface area contributed by atoms with Gasteiger partial charge in [0, 0.05) is 12.8 Å². The van der Waals surface area contributed by atoms with Crippen molar-refractivity contribution in [1.82, 2.24) is 0 Å². The lowest BCUT2D eigenvalue weighted by Gasteiger charge is -2.26. The maximum atomic E-state index is 12.9. The number of ether oxygens (including phenoxy) is 4. The largest absolute Gasteiger partial charge is 0.545 e. The molecule has 0 saturated heterocycles. The molecule has 0 N–H and O–H groups in total. The van der Waals surface area contributed by atoms with Crippen LogP contribution < -0.4 is 5.11 Å². The number of nitrogens with zero attached hydrogens (tertiary/aromatic N) is 1. The summed E-state index contributed by atoms with van der Waals surface area (Å²) in [6.45, 7) is 4.79.